The summed E-state index contributed by atoms with van der Waals surface area (Å²) in [5.41, 5.74) is 2.40. The number of hydrogen-bond acceptors (Lipinski definition) is 6. The molecular weight excluding hydrogens is 446 g/mol. The Hall–Kier alpha value is -2.95. The van der Waals surface area contributed by atoms with Gasteiger partial charge in [-0.1, -0.05) is 32.4 Å². The largest absolute Gasteiger partial charge is 0.455 e. The lowest BCUT2D eigenvalue weighted by atomic mass is 9.72. The van der Waals surface area contributed by atoms with Crippen LogP contribution in [0.1, 0.15) is 49.0 Å². The van der Waals surface area contributed by atoms with Gasteiger partial charge in [0, 0.05) is 22.6 Å². The fourth-order valence-electron chi connectivity index (χ4n) is 4.02. The number of halogens is 1. The van der Waals surface area contributed by atoms with Gasteiger partial charge < -0.3 is 4.42 Å². The molecule has 0 radical (unpaired) electrons. The number of aliphatic imine (C=N–C) groups is 1. The molecular formula is C24H22ClN3O3S. The fraction of sp³-hybridized carbons (Fsp3) is 0.333. The Labute approximate surface area is 195 Å². The molecule has 0 saturated heterocycles. The van der Waals surface area contributed by atoms with Crippen LogP contribution in [0.25, 0.3) is 11.3 Å². The molecule has 0 amide bonds. The number of furan rings is 1. The van der Waals surface area contributed by atoms with Crippen molar-refractivity contribution in [2.45, 2.75) is 40.0 Å². The van der Waals surface area contributed by atoms with Gasteiger partial charge in [0.15, 0.2) is 0 Å². The third-order valence-electron chi connectivity index (χ3n) is 5.95. The monoisotopic (exact) mass is 467 g/mol. The van der Waals surface area contributed by atoms with Gasteiger partial charge in [0.1, 0.15) is 22.6 Å². The molecule has 32 heavy (non-hydrogen) atoms. The molecule has 0 saturated carbocycles. The number of nitrogens with zero attached hydrogens (tertiary/aromatic N) is 3. The summed E-state index contributed by atoms with van der Waals surface area (Å²) in [5.74, 6) is 1.48. The number of hydrogen-bond donors (Lipinski definition) is 0. The Bertz CT molecular complexity index is 1260. The van der Waals surface area contributed by atoms with E-state index < -0.39 is 4.92 Å². The molecule has 0 spiro atoms. The van der Waals surface area contributed by atoms with E-state index in [1.54, 1.807) is 29.7 Å². The molecule has 8 heteroatoms. The van der Waals surface area contributed by atoms with Crippen LogP contribution in [0.2, 0.25) is 5.02 Å². The summed E-state index contributed by atoms with van der Waals surface area (Å²) in [6.45, 7) is 6.80. The summed E-state index contributed by atoms with van der Waals surface area (Å²) < 4.78 is 5.81. The van der Waals surface area contributed by atoms with Crippen molar-refractivity contribution in [1.29, 1.82) is 5.26 Å². The first kappa shape index (κ1) is 22.3. The predicted molar refractivity (Wildman–Crippen MR) is 127 cm³/mol. The zero-order valence-corrected chi connectivity index (χ0v) is 19.6. The molecule has 6 nitrogen and oxygen atoms in total. The lowest BCUT2D eigenvalue weighted by Gasteiger charge is -2.33. The van der Waals surface area contributed by atoms with Gasteiger partial charge in [-0.05, 0) is 54.4 Å². The Morgan fingerprint density at radius 1 is 1.34 bits per heavy atom. The maximum Gasteiger partial charge on any atom is 0.270 e. The molecule has 2 heterocycles. The van der Waals surface area contributed by atoms with E-state index >= 15 is 0 Å². The second kappa shape index (κ2) is 8.53. The highest BCUT2D eigenvalue weighted by Crippen LogP contribution is 2.45. The summed E-state index contributed by atoms with van der Waals surface area (Å²) in [6, 6.07) is 9.97. The van der Waals surface area contributed by atoms with E-state index in [1.165, 1.54) is 23.1 Å². The van der Waals surface area contributed by atoms with Gasteiger partial charge in [-0.15, -0.1) is 11.3 Å². The number of thiophene rings is 1. The first-order valence-corrected chi connectivity index (χ1v) is 11.5. The molecule has 0 aliphatic heterocycles. The highest BCUT2D eigenvalue weighted by molar-refractivity contribution is 7.16. The van der Waals surface area contributed by atoms with Crippen LogP contribution >= 0.6 is 22.9 Å². The number of nitro groups is 1. The van der Waals surface area contributed by atoms with E-state index in [-0.39, 0.29) is 11.1 Å². The Kier molecular flexibility index (Phi) is 5.93. The van der Waals surface area contributed by atoms with Gasteiger partial charge in [0.05, 0.1) is 21.7 Å². The quantitative estimate of drug-likeness (QED) is 0.228. The lowest BCUT2D eigenvalue weighted by Crippen LogP contribution is -2.26. The van der Waals surface area contributed by atoms with Crippen molar-refractivity contribution < 1.29 is 9.34 Å². The van der Waals surface area contributed by atoms with Crippen LogP contribution in [0.15, 0.2) is 39.7 Å². The molecule has 0 bridgehead atoms. The molecule has 164 valence electrons. The van der Waals surface area contributed by atoms with Crippen molar-refractivity contribution >= 4 is 39.8 Å². The highest BCUT2D eigenvalue weighted by Gasteiger charge is 2.32. The van der Waals surface area contributed by atoms with Crippen molar-refractivity contribution in [3.63, 3.8) is 0 Å². The van der Waals surface area contributed by atoms with Crippen LogP contribution < -0.4 is 0 Å². The fourth-order valence-corrected chi connectivity index (χ4v) is 5.45. The molecule has 1 atom stereocenters. The van der Waals surface area contributed by atoms with Crippen LogP contribution in [0.4, 0.5) is 10.7 Å². The van der Waals surface area contributed by atoms with Crippen molar-refractivity contribution in [2.75, 3.05) is 0 Å². The van der Waals surface area contributed by atoms with Gasteiger partial charge >= 0.3 is 0 Å². The zero-order chi connectivity index (χ0) is 23.0. The third kappa shape index (κ3) is 4.34. The first-order chi connectivity index (χ1) is 15.2. The molecule has 4 rings (SSSR count). The second-order valence-corrected chi connectivity index (χ2v) is 10.5. The predicted octanol–water partition coefficient (Wildman–Crippen LogP) is 7.34. The number of rotatable bonds is 4. The van der Waals surface area contributed by atoms with E-state index in [2.05, 4.69) is 31.8 Å². The van der Waals surface area contributed by atoms with Crippen molar-refractivity contribution in [1.82, 2.24) is 0 Å². The van der Waals surface area contributed by atoms with Gasteiger partial charge in [-0.3, -0.25) is 10.1 Å². The molecule has 0 N–H and O–H groups in total. The van der Waals surface area contributed by atoms with Gasteiger partial charge in [-0.2, -0.15) is 5.26 Å². The second-order valence-electron chi connectivity index (χ2n) is 8.98. The van der Waals surface area contributed by atoms with Crippen molar-refractivity contribution in [2.24, 2.45) is 16.3 Å². The molecule has 2 aromatic heterocycles. The minimum absolute atomic E-state index is 0.0626. The van der Waals surface area contributed by atoms with Gasteiger partial charge in [0.25, 0.3) is 5.69 Å². The van der Waals surface area contributed by atoms with Crippen molar-refractivity contribution in [3.8, 4) is 17.4 Å². The topological polar surface area (TPSA) is 92.4 Å². The molecule has 0 fully saturated rings. The summed E-state index contributed by atoms with van der Waals surface area (Å²) in [4.78, 5) is 16.4. The summed E-state index contributed by atoms with van der Waals surface area (Å²) in [6.07, 6.45) is 4.54. The van der Waals surface area contributed by atoms with Crippen LogP contribution in [-0.4, -0.2) is 11.1 Å². The smallest absolute Gasteiger partial charge is 0.270 e. The first-order valence-electron chi connectivity index (χ1n) is 10.3. The maximum atomic E-state index is 11.1. The number of nitriles is 1. The molecule has 1 aromatic carbocycles. The Morgan fingerprint density at radius 3 is 2.81 bits per heavy atom. The SMILES string of the molecule is CC(C)(C)[C@H]1CCc2c(sc(N=Cc3ccc(-c4cc([N+](=O)[O-])ccc4Cl)o3)c2C#N)C1. The van der Waals surface area contributed by atoms with Gasteiger partial charge in [0.2, 0.25) is 0 Å². The van der Waals surface area contributed by atoms with E-state index in [4.69, 9.17) is 16.0 Å². The van der Waals surface area contributed by atoms with Gasteiger partial charge in [-0.25, -0.2) is 4.99 Å². The summed E-state index contributed by atoms with van der Waals surface area (Å²) in [7, 11) is 0. The molecule has 3 aromatic rings. The minimum Gasteiger partial charge on any atom is -0.455 e. The number of non-ortho nitro benzene ring substituents is 1. The standard InChI is InChI=1S/C24H22ClN3O3S/c1-24(2,3)14-4-7-17-19(12-26)23(32-22(17)10-14)27-13-16-6-9-21(31-16)18-11-15(28(29)30)5-8-20(18)25/h5-6,8-9,11,13-14H,4,7,10H2,1-3H3/t14-/m0/s1. The zero-order valence-electron chi connectivity index (χ0n) is 18.0. The van der Waals surface area contributed by atoms with E-state index in [1.807, 2.05) is 0 Å². The number of benzene rings is 1. The number of fused-ring (bicyclic) bond motifs is 1. The van der Waals surface area contributed by atoms with E-state index in [9.17, 15) is 15.4 Å². The Morgan fingerprint density at radius 2 is 2.12 bits per heavy atom. The molecule has 1 aliphatic rings. The maximum absolute atomic E-state index is 11.1. The van der Waals surface area contributed by atoms with Crippen LogP contribution in [0.5, 0.6) is 0 Å². The van der Waals surface area contributed by atoms with Crippen LogP contribution in [-0.2, 0) is 12.8 Å². The Balaban J connectivity index is 1.60. The average molecular weight is 468 g/mol. The van der Waals surface area contributed by atoms with E-state index in [0.717, 1.165) is 24.8 Å². The molecule has 1 aliphatic carbocycles. The van der Waals surface area contributed by atoms with Crippen LogP contribution in [0, 0.1) is 32.8 Å². The van der Waals surface area contributed by atoms with E-state index in [0.29, 0.717) is 38.6 Å². The number of nitro benzene ring substituents is 1. The third-order valence-corrected chi connectivity index (χ3v) is 7.44. The summed E-state index contributed by atoms with van der Waals surface area (Å²) in [5, 5.41) is 21.8. The molecule has 0 unspecified atom stereocenters. The van der Waals surface area contributed by atoms with Crippen LogP contribution in [0.3, 0.4) is 0 Å². The highest BCUT2D eigenvalue weighted by atomic mass is 35.5. The normalized spacial score (nSPS) is 16.2. The summed E-state index contributed by atoms with van der Waals surface area (Å²) >= 11 is 7.79. The van der Waals surface area contributed by atoms with Crippen molar-refractivity contribution in [3.05, 3.63) is 67.2 Å². The minimum atomic E-state index is -0.475. The lowest BCUT2D eigenvalue weighted by molar-refractivity contribution is -0.384. The average Bonchev–Trinajstić information content (AvgIpc) is 3.35.